The fourth-order valence-electron chi connectivity index (χ4n) is 3.20. The number of hydrogen-bond acceptors (Lipinski definition) is 3. The van der Waals surface area contributed by atoms with Gasteiger partial charge in [0.05, 0.1) is 5.69 Å². The summed E-state index contributed by atoms with van der Waals surface area (Å²) < 4.78 is 15.0. The smallest absolute Gasteiger partial charge is 0.276 e. The van der Waals surface area contributed by atoms with Crippen molar-refractivity contribution in [1.82, 2.24) is 14.8 Å². The van der Waals surface area contributed by atoms with Gasteiger partial charge in [0.25, 0.3) is 5.91 Å². The van der Waals surface area contributed by atoms with Crippen molar-refractivity contribution < 1.29 is 9.18 Å². The van der Waals surface area contributed by atoms with Crippen LogP contribution in [-0.2, 0) is 12.8 Å². The van der Waals surface area contributed by atoms with Gasteiger partial charge in [-0.1, -0.05) is 0 Å². The van der Waals surface area contributed by atoms with Crippen LogP contribution in [0, 0.1) is 5.82 Å². The van der Waals surface area contributed by atoms with Gasteiger partial charge in [-0.15, -0.1) is 0 Å². The minimum absolute atomic E-state index is 0.231. The Labute approximate surface area is 144 Å². The normalized spacial score (nSPS) is 13.3. The molecule has 6 heteroatoms. The molecule has 0 fully saturated rings. The molecule has 1 aliphatic carbocycles. The molecule has 0 radical (unpaired) electrons. The summed E-state index contributed by atoms with van der Waals surface area (Å²) in [4.78, 5) is 16.7. The molecule has 0 saturated carbocycles. The second kappa shape index (κ2) is 6.47. The zero-order chi connectivity index (χ0) is 17.2. The summed E-state index contributed by atoms with van der Waals surface area (Å²) in [6, 6.07) is 9.65. The number of carbonyl (C=O) groups excluding carboxylic acids is 1. The number of anilines is 1. The van der Waals surface area contributed by atoms with E-state index in [9.17, 15) is 9.18 Å². The number of carbonyl (C=O) groups is 1. The molecule has 0 saturated heterocycles. The van der Waals surface area contributed by atoms with Crippen molar-refractivity contribution in [2.75, 3.05) is 5.32 Å². The molecule has 126 valence electrons. The van der Waals surface area contributed by atoms with Crippen LogP contribution < -0.4 is 5.32 Å². The summed E-state index contributed by atoms with van der Waals surface area (Å²) in [5, 5.41) is 7.42. The van der Waals surface area contributed by atoms with E-state index < -0.39 is 0 Å². The fourth-order valence-corrected chi connectivity index (χ4v) is 3.20. The molecule has 25 heavy (non-hydrogen) atoms. The van der Waals surface area contributed by atoms with Crippen LogP contribution in [0.3, 0.4) is 0 Å². The average molecular weight is 336 g/mol. The van der Waals surface area contributed by atoms with E-state index >= 15 is 0 Å². The zero-order valence-electron chi connectivity index (χ0n) is 13.6. The summed E-state index contributed by atoms with van der Waals surface area (Å²) in [7, 11) is 0. The van der Waals surface area contributed by atoms with Gasteiger partial charge >= 0.3 is 0 Å². The van der Waals surface area contributed by atoms with E-state index in [1.54, 1.807) is 41.3 Å². The lowest BCUT2D eigenvalue weighted by atomic mass is 9.95. The van der Waals surface area contributed by atoms with E-state index in [1.165, 1.54) is 12.1 Å². The fraction of sp³-hybridized carbons (Fsp3) is 0.211. The maximum Gasteiger partial charge on any atom is 0.276 e. The van der Waals surface area contributed by atoms with Gasteiger partial charge in [0.2, 0.25) is 0 Å². The van der Waals surface area contributed by atoms with Gasteiger partial charge in [-0.3, -0.25) is 9.78 Å². The van der Waals surface area contributed by atoms with Gasteiger partial charge in [-0.25, -0.2) is 9.07 Å². The highest BCUT2D eigenvalue weighted by atomic mass is 19.1. The van der Waals surface area contributed by atoms with Crippen molar-refractivity contribution >= 4 is 11.6 Å². The van der Waals surface area contributed by atoms with E-state index in [-0.39, 0.29) is 11.7 Å². The first-order valence-corrected chi connectivity index (χ1v) is 8.30. The molecule has 0 atom stereocenters. The van der Waals surface area contributed by atoms with E-state index in [4.69, 9.17) is 0 Å². The van der Waals surface area contributed by atoms with Crippen molar-refractivity contribution in [3.63, 3.8) is 0 Å². The van der Waals surface area contributed by atoms with Crippen LogP contribution in [0.25, 0.3) is 5.69 Å². The molecule has 0 aliphatic heterocycles. The third kappa shape index (κ3) is 3.03. The number of nitrogens with zero attached hydrogens (tertiary/aromatic N) is 3. The van der Waals surface area contributed by atoms with Crippen molar-refractivity contribution in [2.24, 2.45) is 0 Å². The SMILES string of the molecule is O=C(Nc1ccncc1)c1nn(-c2ccc(F)cc2)c2c1CCCC2. The van der Waals surface area contributed by atoms with Crippen molar-refractivity contribution in [2.45, 2.75) is 25.7 Å². The van der Waals surface area contributed by atoms with Crippen LogP contribution in [0.15, 0.2) is 48.8 Å². The Balaban J connectivity index is 1.73. The van der Waals surface area contributed by atoms with Crippen molar-refractivity contribution in [3.8, 4) is 5.69 Å². The molecule has 1 N–H and O–H groups in total. The van der Waals surface area contributed by atoms with Gasteiger partial charge in [0.1, 0.15) is 5.82 Å². The average Bonchev–Trinajstić information content (AvgIpc) is 3.03. The lowest BCUT2D eigenvalue weighted by Gasteiger charge is -2.14. The number of amides is 1. The Morgan fingerprint density at radius 3 is 2.52 bits per heavy atom. The third-order valence-corrected chi connectivity index (χ3v) is 4.40. The van der Waals surface area contributed by atoms with Gasteiger partial charge in [-0.05, 0) is 62.1 Å². The molecule has 0 unspecified atom stereocenters. The molecule has 0 bridgehead atoms. The predicted octanol–water partition coefficient (Wildman–Crippen LogP) is 3.54. The van der Waals surface area contributed by atoms with Gasteiger partial charge in [-0.2, -0.15) is 5.10 Å². The lowest BCUT2D eigenvalue weighted by Crippen LogP contribution is -2.15. The monoisotopic (exact) mass is 336 g/mol. The van der Waals surface area contributed by atoms with Crippen LogP contribution >= 0.6 is 0 Å². The molecular weight excluding hydrogens is 319 g/mol. The molecule has 1 aliphatic rings. The van der Waals surface area contributed by atoms with Crippen molar-refractivity contribution in [3.05, 3.63) is 71.6 Å². The topological polar surface area (TPSA) is 59.8 Å². The molecule has 5 nitrogen and oxygen atoms in total. The quantitative estimate of drug-likeness (QED) is 0.796. The molecule has 0 spiro atoms. The summed E-state index contributed by atoms with van der Waals surface area (Å²) in [6.07, 6.45) is 7.05. The highest BCUT2D eigenvalue weighted by molar-refractivity contribution is 6.04. The highest BCUT2D eigenvalue weighted by Gasteiger charge is 2.25. The number of pyridine rings is 1. The lowest BCUT2D eigenvalue weighted by molar-refractivity contribution is 0.102. The van der Waals surface area contributed by atoms with E-state index in [0.29, 0.717) is 11.4 Å². The number of rotatable bonds is 3. The zero-order valence-corrected chi connectivity index (χ0v) is 13.6. The Kier molecular flexibility index (Phi) is 4.01. The number of hydrogen-bond donors (Lipinski definition) is 1. The maximum absolute atomic E-state index is 13.2. The summed E-state index contributed by atoms with van der Waals surface area (Å²) in [6.45, 7) is 0. The summed E-state index contributed by atoms with van der Waals surface area (Å²) in [5.41, 5.74) is 3.92. The maximum atomic E-state index is 13.2. The van der Waals surface area contributed by atoms with Crippen LogP contribution in [0.5, 0.6) is 0 Å². The molecular formula is C19H17FN4O. The number of halogens is 1. The van der Waals surface area contributed by atoms with Gasteiger partial charge < -0.3 is 5.32 Å². The van der Waals surface area contributed by atoms with E-state index in [0.717, 1.165) is 42.6 Å². The molecule has 2 aromatic heterocycles. The Morgan fingerprint density at radius 2 is 1.76 bits per heavy atom. The number of fused-ring (bicyclic) bond motifs is 1. The largest absolute Gasteiger partial charge is 0.320 e. The number of benzene rings is 1. The number of nitrogens with one attached hydrogen (secondary N) is 1. The van der Waals surface area contributed by atoms with E-state index in [2.05, 4.69) is 15.4 Å². The first-order valence-electron chi connectivity index (χ1n) is 8.30. The summed E-state index contributed by atoms with van der Waals surface area (Å²) in [5.74, 6) is -0.523. The van der Waals surface area contributed by atoms with Crippen molar-refractivity contribution in [1.29, 1.82) is 0 Å². The van der Waals surface area contributed by atoms with Gasteiger partial charge in [0.15, 0.2) is 5.69 Å². The third-order valence-electron chi connectivity index (χ3n) is 4.40. The van der Waals surface area contributed by atoms with Crippen LogP contribution in [-0.4, -0.2) is 20.7 Å². The first kappa shape index (κ1) is 15.5. The first-order chi connectivity index (χ1) is 12.2. The predicted molar refractivity (Wildman–Crippen MR) is 92.4 cm³/mol. The molecule has 1 amide bonds. The van der Waals surface area contributed by atoms with Crippen LogP contribution in [0.4, 0.5) is 10.1 Å². The molecule has 3 aromatic rings. The minimum atomic E-state index is -0.291. The molecule has 2 heterocycles. The molecule has 4 rings (SSSR count). The Bertz CT molecular complexity index is 903. The second-order valence-corrected chi connectivity index (χ2v) is 6.06. The standard InChI is InChI=1S/C19H17FN4O/c20-13-5-7-15(8-6-13)24-17-4-2-1-3-16(17)18(23-24)19(25)22-14-9-11-21-12-10-14/h5-12H,1-4H2,(H,21,22,25). The second-order valence-electron chi connectivity index (χ2n) is 6.06. The Morgan fingerprint density at radius 1 is 1.04 bits per heavy atom. The summed E-state index contributed by atoms with van der Waals surface area (Å²) >= 11 is 0. The van der Waals surface area contributed by atoms with Crippen LogP contribution in [0.2, 0.25) is 0 Å². The van der Waals surface area contributed by atoms with Gasteiger partial charge in [0, 0.05) is 29.3 Å². The minimum Gasteiger partial charge on any atom is -0.320 e. The Hall–Kier alpha value is -3.02. The van der Waals surface area contributed by atoms with Crippen LogP contribution in [0.1, 0.15) is 34.6 Å². The molecule has 1 aromatic carbocycles. The number of aromatic nitrogens is 3. The van der Waals surface area contributed by atoms with E-state index in [1.807, 2.05) is 0 Å². The highest BCUT2D eigenvalue weighted by Crippen LogP contribution is 2.27.